The van der Waals surface area contributed by atoms with Gasteiger partial charge in [-0.1, -0.05) is 38.3 Å². The van der Waals surface area contributed by atoms with Crippen LogP contribution in [-0.2, 0) is 6.42 Å². The van der Waals surface area contributed by atoms with Gasteiger partial charge in [-0.2, -0.15) is 0 Å². The van der Waals surface area contributed by atoms with Crippen molar-refractivity contribution in [1.29, 1.82) is 0 Å². The molecule has 98 valence electrons. The van der Waals surface area contributed by atoms with Crippen molar-refractivity contribution >= 4 is 12.6 Å². The lowest BCUT2D eigenvalue weighted by Crippen LogP contribution is -2.34. The number of rotatable bonds is 3. The molecule has 4 heteroatoms. The third-order valence-corrected chi connectivity index (χ3v) is 3.97. The van der Waals surface area contributed by atoms with Gasteiger partial charge in [-0.25, -0.2) is 4.39 Å². The molecular formula is C14H20BFO2. The first-order valence-electron chi connectivity index (χ1n) is 6.82. The quantitative estimate of drug-likeness (QED) is 0.806. The van der Waals surface area contributed by atoms with E-state index in [1.54, 1.807) is 0 Å². The Labute approximate surface area is 108 Å². The van der Waals surface area contributed by atoms with Crippen LogP contribution >= 0.6 is 0 Å². The van der Waals surface area contributed by atoms with Crippen molar-refractivity contribution in [2.45, 2.75) is 51.4 Å². The maximum atomic E-state index is 14.4. The summed E-state index contributed by atoms with van der Waals surface area (Å²) in [6.45, 7) is 2.01. The zero-order chi connectivity index (χ0) is 13.1. The van der Waals surface area contributed by atoms with Crippen LogP contribution in [0.2, 0.25) is 0 Å². The van der Waals surface area contributed by atoms with E-state index in [4.69, 9.17) is 0 Å². The summed E-state index contributed by atoms with van der Waals surface area (Å²) < 4.78 is 14.4. The number of aryl methyl sites for hydroxylation is 1. The highest BCUT2D eigenvalue weighted by molar-refractivity contribution is 6.58. The summed E-state index contributed by atoms with van der Waals surface area (Å²) in [7, 11) is -1.72. The van der Waals surface area contributed by atoms with Crippen molar-refractivity contribution in [3.8, 4) is 0 Å². The van der Waals surface area contributed by atoms with Gasteiger partial charge in [-0.15, -0.1) is 0 Å². The molecule has 1 aliphatic carbocycles. The average Bonchev–Trinajstić information content (AvgIpc) is 2.38. The Morgan fingerprint density at radius 1 is 1.22 bits per heavy atom. The Morgan fingerprint density at radius 2 is 1.89 bits per heavy atom. The van der Waals surface area contributed by atoms with Crippen molar-refractivity contribution in [3.05, 3.63) is 29.1 Å². The summed E-state index contributed by atoms with van der Waals surface area (Å²) in [4.78, 5) is 0. The molecule has 1 aromatic rings. The van der Waals surface area contributed by atoms with Gasteiger partial charge in [0.05, 0.1) is 0 Å². The van der Waals surface area contributed by atoms with Gasteiger partial charge >= 0.3 is 7.12 Å². The fourth-order valence-electron chi connectivity index (χ4n) is 2.99. The molecule has 0 radical (unpaired) electrons. The van der Waals surface area contributed by atoms with Crippen LogP contribution in [0.15, 0.2) is 12.1 Å². The lowest BCUT2D eigenvalue weighted by atomic mass is 9.74. The van der Waals surface area contributed by atoms with E-state index in [9.17, 15) is 14.4 Å². The molecule has 0 unspecified atom stereocenters. The van der Waals surface area contributed by atoms with E-state index < -0.39 is 12.9 Å². The van der Waals surface area contributed by atoms with E-state index in [0.29, 0.717) is 0 Å². The van der Waals surface area contributed by atoms with Crippen LogP contribution in [0.4, 0.5) is 4.39 Å². The second-order valence-electron chi connectivity index (χ2n) is 5.10. The van der Waals surface area contributed by atoms with Gasteiger partial charge < -0.3 is 10.0 Å². The summed E-state index contributed by atoms with van der Waals surface area (Å²) in [5.41, 5.74) is 1.74. The van der Waals surface area contributed by atoms with Gasteiger partial charge in [0, 0.05) is 5.46 Å². The molecule has 2 rings (SSSR count). The molecule has 0 amide bonds. The normalized spacial score (nSPS) is 16.9. The standard InChI is InChI=1S/C14H20BFO2/c1-2-10-8-9-12(15(17)18)14(16)13(10)11-6-4-3-5-7-11/h8-9,11,17-18H,2-7H2,1H3. The molecule has 0 saturated heterocycles. The van der Waals surface area contributed by atoms with Crippen LogP contribution in [0.5, 0.6) is 0 Å². The minimum atomic E-state index is -1.72. The molecule has 1 saturated carbocycles. The maximum absolute atomic E-state index is 14.4. The molecule has 0 atom stereocenters. The van der Waals surface area contributed by atoms with Gasteiger partial charge in [0.2, 0.25) is 0 Å². The number of benzene rings is 1. The molecule has 2 N–H and O–H groups in total. The largest absolute Gasteiger partial charge is 0.491 e. The third kappa shape index (κ3) is 2.60. The molecule has 0 aromatic heterocycles. The van der Waals surface area contributed by atoms with Crippen molar-refractivity contribution in [1.82, 2.24) is 0 Å². The lowest BCUT2D eigenvalue weighted by molar-refractivity contribution is 0.416. The first-order valence-corrected chi connectivity index (χ1v) is 6.82. The lowest BCUT2D eigenvalue weighted by Gasteiger charge is -2.25. The Bertz CT molecular complexity index is 415. The van der Waals surface area contributed by atoms with Crippen molar-refractivity contribution in [2.24, 2.45) is 0 Å². The van der Waals surface area contributed by atoms with Crippen LogP contribution in [0.3, 0.4) is 0 Å². The molecule has 18 heavy (non-hydrogen) atoms. The molecule has 0 spiro atoms. The molecule has 1 aromatic carbocycles. The number of halogens is 1. The monoisotopic (exact) mass is 250 g/mol. The van der Waals surface area contributed by atoms with Crippen molar-refractivity contribution in [3.63, 3.8) is 0 Å². The van der Waals surface area contributed by atoms with E-state index in [1.807, 2.05) is 13.0 Å². The smallest absolute Gasteiger partial charge is 0.423 e. The Kier molecular flexibility index (Phi) is 4.41. The second-order valence-corrected chi connectivity index (χ2v) is 5.10. The fraction of sp³-hybridized carbons (Fsp3) is 0.571. The van der Waals surface area contributed by atoms with Gasteiger partial charge in [0.1, 0.15) is 5.82 Å². The molecule has 1 fully saturated rings. The van der Waals surface area contributed by atoms with Crippen LogP contribution < -0.4 is 5.46 Å². The predicted molar refractivity (Wildman–Crippen MR) is 71.4 cm³/mol. The third-order valence-electron chi connectivity index (χ3n) is 3.97. The first-order chi connectivity index (χ1) is 8.65. The van der Waals surface area contributed by atoms with Crippen molar-refractivity contribution < 1.29 is 14.4 Å². The van der Waals surface area contributed by atoms with Crippen LogP contribution in [0, 0.1) is 5.82 Å². The molecule has 1 aliphatic rings. The van der Waals surface area contributed by atoms with E-state index >= 15 is 0 Å². The van der Waals surface area contributed by atoms with E-state index in [-0.39, 0.29) is 11.4 Å². The van der Waals surface area contributed by atoms with E-state index in [1.165, 1.54) is 12.5 Å². The Balaban J connectivity index is 2.44. The Morgan fingerprint density at radius 3 is 2.44 bits per heavy atom. The summed E-state index contributed by atoms with van der Waals surface area (Å²) in [5.74, 6) is -0.163. The second kappa shape index (κ2) is 5.85. The summed E-state index contributed by atoms with van der Waals surface area (Å²) in [6, 6.07) is 3.33. The minimum absolute atomic E-state index is 0.00720. The van der Waals surface area contributed by atoms with Gasteiger partial charge in [-0.05, 0) is 36.3 Å². The molecule has 2 nitrogen and oxygen atoms in total. The van der Waals surface area contributed by atoms with Crippen LogP contribution in [-0.4, -0.2) is 17.2 Å². The first kappa shape index (κ1) is 13.6. The van der Waals surface area contributed by atoms with Gasteiger partial charge in [0.15, 0.2) is 0 Å². The SMILES string of the molecule is CCc1ccc(B(O)O)c(F)c1C1CCCCC1. The molecule has 0 heterocycles. The van der Waals surface area contributed by atoms with E-state index in [2.05, 4.69) is 0 Å². The summed E-state index contributed by atoms with van der Waals surface area (Å²) in [5, 5.41) is 18.4. The zero-order valence-corrected chi connectivity index (χ0v) is 10.8. The maximum Gasteiger partial charge on any atom is 0.491 e. The molecular weight excluding hydrogens is 230 g/mol. The minimum Gasteiger partial charge on any atom is -0.423 e. The Hall–Kier alpha value is -0.865. The fourth-order valence-corrected chi connectivity index (χ4v) is 2.99. The summed E-state index contributed by atoms with van der Waals surface area (Å²) >= 11 is 0. The average molecular weight is 250 g/mol. The molecule has 0 aliphatic heterocycles. The zero-order valence-electron chi connectivity index (χ0n) is 10.8. The highest BCUT2D eigenvalue weighted by atomic mass is 19.1. The number of hydrogen-bond acceptors (Lipinski definition) is 2. The summed E-state index contributed by atoms with van der Waals surface area (Å²) in [6.07, 6.45) is 6.30. The van der Waals surface area contributed by atoms with E-state index in [0.717, 1.165) is 43.2 Å². The van der Waals surface area contributed by atoms with Crippen LogP contribution in [0.25, 0.3) is 0 Å². The molecule has 0 bridgehead atoms. The van der Waals surface area contributed by atoms with Crippen molar-refractivity contribution in [2.75, 3.05) is 0 Å². The van der Waals surface area contributed by atoms with Crippen LogP contribution in [0.1, 0.15) is 56.1 Å². The predicted octanol–water partition coefficient (Wildman–Crippen LogP) is 2.12. The number of hydrogen-bond donors (Lipinski definition) is 2. The van der Waals surface area contributed by atoms with Gasteiger partial charge in [-0.3, -0.25) is 0 Å². The highest BCUT2D eigenvalue weighted by Crippen LogP contribution is 2.35. The highest BCUT2D eigenvalue weighted by Gasteiger charge is 2.26. The van der Waals surface area contributed by atoms with Gasteiger partial charge in [0.25, 0.3) is 0 Å². The topological polar surface area (TPSA) is 40.5 Å².